The van der Waals surface area contributed by atoms with Crippen LogP contribution >= 0.6 is 0 Å². The number of nitrogens with zero attached hydrogens (tertiary/aromatic N) is 2. The molecular formula is C15H20N4O. The maximum Gasteiger partial charge on any atom is 0.262 e. The van der Waals surface area contributed by atoms with Crippen LogP contribution in [0.3, 0.4) is 0 Å². The van der Waals surface area contributed by atoms with E-state index in [1.54, 1.807) is 6.08 Å². The van der Waals surface area contributed by atoms with Crippen LogP contribution in [0.4, 0.5) is 5.95 Å². The third-order valence-corrected chi connectivity index (χ3v) is 3.68. The number of rotatable bonds is 5. The first-order valence-corrected chi connectivity index (χ1v) is 7.21. The molecule has 5 nitrogen and oxygen atoms in total. The Morgan fingerprint density at radius 2 is 1.70 bits per heavy atom. The minimum absolute atomic E-state index is 0.110. The van der Waals surface area contributed by atoms with Crippen molar-refractivity contribution in [3.63, 3.8) is 0 Å². The normalized spacial score (nSPS) is 17.5. The molecule has 2 fully saturated rings. The second kappa shape index (κ2) is 5.23. The van der Waals surface area contributed by atoms with E-state index in [4.69, 9.17) is 0 Å². The van der Waals surface area contributed by atoms with Crippen molar-refractivity contribution in [1.29, 1.82) is 0 Å². The maximum absolute atomic E-state index is 12.0. The summed E-state index contributed by atoms with van der Waals surface area (Å²) in [6.45, 7) is 3.81. The minimum atomic E-state index is -0.110. The van der Waals surface area contributed by atoms with Crippen molar-refractivity contribution in [1.82, 2.24) is 15.4 Å². The predicted molar refractivity (Wildman–Crippen MR) is 76.8 cm³/mol. The van der Waals surface area contributed by atoms with Gasteiger partial charge in [-0.25, -0.2) is 9.97 Å². The van der Waals surface area contributed by atoms with Gasteiger partial charge in [-0.2, -0.15) is 0 Å². The van der Waals surface area contributed by atoms with Crippen LogP contribution in [0.1, 0.15) is 37.1 Å². The number of hydrogen-bond donors (Lipinski definition) is 2. The number of aromatic nitrogens is 2. The summed E-state index contributed by atoms with van der Waals surface area (Å²) >= 11 is 0. The van der Waals surface area contributed by atoms with Gasteiger partial charge in [0.25, 0.3) is 5.91 Å². The highest BCUT2D eigenvalue weighted by atomic mass is 16.2. The summed E-state index contributed by atoms with van der Waals surface area (Å²) in [4.78, 5) is 20.4. The van der Waals surface area contributed by atoms with Crippen LogP contribution in [0.2, 0.25) is 0 Å². The lowest BCUT2D eigenvalue weighted by Crippen LogP contribution is -2.29. The van der Waals surface area contributed by atoms with E-state index >= 15 is 0 Å². The molecular weight excluding hydrogens is 252 g/mol. The van der Waals surface area contributed by atoms with E-state index in [0.29, 0.717) is 17.8 Å². The van der Waals surface area contributed by atoms with E-state index in [2.05, 4.69) is 20.8 Å². The van der Waals surface area contributed by atoms with E-state index in [1.165, 1.54) is 31.3 Å². The highest BCUT2D eigenvalue weighted by Gasteiger charge is 2.36. The SMILES string of the molecule is Cc1cc(C)nc(NNC(=O)C=C(C2CC2)C2CC2)n1. The molecule has 1 amide bonds. The van der Waals surface area contributed by atoms with Crippen LogP contribution < -0.4 is 10.9 Å². The van der Waals surface area contributed by atoms with Crippen LogP contribution in [-0.2, 0) is 4.79 Å². The Hall–Kier alpha value is -1.91. The Bertz CT molecular complexity index is 525. The summed E-state index contributed by atoms with van der Waals surface area (Å²) in [7, 11) is 0. The summed E-state index contributed by atoms with van der Waals surface area (Å²) in [6.07, 6.45) is 6.73. The van der Waals surface area contributed by atoms with Crippen molar-refractivity contribution in [2.75, 3.05) is 5.43 Å². The van der Waals surface area contributed by atoms with Gasteiger partial charge in [0.2, 0.25) is 5.95 Å². The molecule has 2 aliphatic carbocycles. The van der Waals surface area contributed by atoms with E-state index in [-0.39, 0.29) is 5.91 Å². The molecule has 0 unspecified atom stereocenters. The lowest BCUT2D eigenvalue weighted by molar-refractivity contribution is -0.116. The molecule has 0 spiro atoms. The van der Waals surface area contributed by atoms with Crippen molar-refractivity contribution in [3.05, 3.63) is 29.1 Å². The highest BCUT2D eigenvalue weighted by molar-refractivity contribution is 5.89. The van der Waals surface area contributed by atoms with Crippen molar-refractivity contribution >= 4 is 11.9 Å². The number of hydrazine groups is 1. The fraction of sp³-hybridized carbons (Fsp3) is 0.533. The van der Waals surface area contributed by atoms with Gasteiger partial charge in [-0.1, -0.05) is 5.57 Å². The lowest BCUT2D eigenvalue weighted by Gasteiger charge is -2.08. The second-order valence-electron chi connectivity index (χ2n) is 5.78. The summed E-state index contributed by atoms with van der Waals surface area (Å²) in [5, 5.41) is 0. The zero-order valence-corrected chi connectivity index (χ0v) is 11.9. The maximum atomic E-state index is 12.0. The zero-order chi connectivity index (χ0) is 14.1. The monoisotopic (exact) mass is 272 g/mol. The van der Waals surface area contributed by atoms with E-state index in [9.17, 15) is 4.79 Å². The number of aryl methyl sites for hydroxylation is 2. The molecule has 106 valence electrons. The number of carbonyl (C=O) groups excluding carboxylic acids is 1. The molecule has 1 aromatic rings. The standard InChI is InChI=1S/C15H20N4O/c1-9-7-10(2)17-15(16-9)19-18-14(20)8-13(11-3-4-11)12-5-6-12/h7-8,11-12H,3-6H2,1-2H3,(H,18,20)(H,16,17,19). The Balaban J connectivity index is 1.59. The van der Waals surface area contributed by atoms with Gasteiger partial charge in [0, 0.05) is 17.5 Å². The number of nitrogens with one attached hydrogen (secondary N) is 2. The van der Waals surface area contributed by atoms with Crippen LogP contribution in [0.5, 0.6) is 0 Å². The molecule has 0 aromatic carbocycles. The van der Waals surface area contributed by atoms with E-state index in [0.717, 1.165) is 11.4 Å². The molecule has 5 heteroatoms. The molecule has 1 heterocycles. The molecule has 2 N–H and O–H groups in total. The third kappa shape index (κ3) is 3.35. The molecule has 0 radical (unpaired) electrons. The van der Waals surface area contributed by atoms with Crippen molar-refractivity contribution in [2.45, 2.75) is 39.5 Å². The first-order valence-electron chi connectivity index (χ1n) is 7.21. The van der Waals surface area contributed by atoms with Crippen molar-refractivity contribution in [3.8, 4) is 0 Å². The van der Waals surface area contributed by atoms with Gasteiger partial charge in [-0.05, 0) is 57.4 Å². The summed E-state index contributed by atoms with van der Waals surface area (Å²) in [5.41, 5.74) is 8.53. The molecule has 0 bridgehead atoms. The quantitative estimate of drug-likeness (QED) is 0.637. The van der Waals surface area contributed by atoms with Crippen LogP contribution in [0.15, 0.2) is 17.7 Å². The summed E-state index contributed by atoms with van der Waals surface area (Å²) in [5.74, 6) is 1.64. The molecule has 2 saturated carbocycles. The lowest BCUT2D eigenvalue weighted by atomic mass is 10.1. The molecule has 0 atom stereocenters. The summed E-state index contributed by atoms with van der Waals surface area (Å²) < 4.78 is 0. The van der Waals surface area contributed by atoms with E-state index in [1.807, 2.05) is 19.9 Å². The van der Waals surface area contributed by atoms with Gasteiger partial charge in [0.1, 0.15) is 0 Å². The van der Waals surface area contributed by atoms with Gasteiger partial charge < -0.3 is 0 Å². The average molecular weight is 272 g/mol. The topological polar surface area (TPSA) is 66.9 Å². The second-order valence-corrected chi connectivity index (χ2v) is 5.78. The van der Waals surface area contributed by atoms with Crippen molar-refractivity contribution in [2.24, 2.45) is 11.8 Å². The molecule has 1 aromatic heterocycles. The fourth-order valence-electron chi connectivity index (χ4n) is 2.49. The predicted octanol–water partition coefficient (Wildman–Crippen LogP) is 2.28. The largest absolute Gasteiger partial charge is 0.268 e. The van der Waals surface area contributed by atoms with Crippen LogP contribution in [-0.4, -0.2) is 15.9 Å². The Labute approximate surface area is 118 Å². The molecule has 0 aliphatic heterocycles. The third-order valence-electron chi connectivity index (χ3n) is 3.68. The Morgan fingerprint density at radius 1 is 1.15 bits per heavy atom. The molecule has 3 rings (SSSR count). The van der Waals surface area contributed by atoms with Crippen LogP contribution in [0, 0.1) is 25.7 Å². The van der Waals surface area contributed by atoms with E-state index < -0.39 is 0 Å². The highest BCUT2D eigenvalue weighted by Crippen LogP contribution is 2.48. The van der Waals surface area contributed by atoms with Gasteiger partial charge >= 0.3 is 0 Å². The molecule has 2 aliphatic rings. The number of hydrogen-bond acceptors (Lipinski definition) is 4. The number of carbonyl (C=O) groups is 1. The number of allylic oxidation sites excluding steroid dienone is 1. The fourth-order valence-corrected chi connectivity index (χ4v) is 2.49. The van der Waals surface area contributed by atoms with Crippen molar-refractivity contribution < 1.29 is 4.79 Å². The zero-order valence-electron chi connectivity index (χ0n) is 11.9. The van der Waals surface area contributed by atoms with Gasteiger partial charge in [-0.3, -0.25) is 15.6 Å². The average Bonchev–Trinajstić information content (AvgIpc) is 3.26. The molecule has 20 heavy (non-hydrogen) atoms. The number of amides is 1. The van der Waals surface area contributed by atoms with Gasteiger partial charge in [0.15, 0.2) is 0 Å². The first kappa shape index (κ1) is 13.1. The Morgan fingerprint density at radius 3 is 2.20 bits per heavy atom. The number of anilines is 1. The first-order chi connectivity index (χ1) is 9.61. The molecule has 0 saturated heterocycles. The smallest absolute Gasteiger partial charge is 0.262 e. The Kier molecular flexibility index (Phi) is 3.42. The summed E-state index contributed by atoms with van der Waals surface area (Å²) in [6, 6.07) is 1.89. The van der Waals surface area contributed by atoms with Gasteiger partial charge in [0.05, 0.1) is 0 Å². The minimum Gasteiger partial charge on any atom is -0.268 e. The van der Waals surface area contributed by atoms with Crippen LogP contribution in [0.25, 0.3) is 0 Å². The van der Waals surface area contributed by atoms with Gasteiger partial charge in [-0.15, -0.1) is 0 Å².